The number of benzene rings is 2. The Balaban J connectivity index is 1.73. The molecule has 1 saturated carbocycles. The number of aryl methyl sites for hydroxylation is 1. The number of ether oxygens (including phenoxy) is 3. The number of alkyl halides is 3. The number of aromatic nitrogens is 2. The van der Waals surface area contributed by atoms with Crippen LogP contribution < -0.4 is 20.5 Å². The Morgan fingerprint density at radius 1 is 1.08 bits per heavy atom. The van der Waals surface area contributed by atoms with E-state index >= 15 is 0 Å². The Morgan fingerprint density at radius 3 is 2.38 bits per heavy atom. The predicted octanol–water partition coefficient (Wildman–Crippen LogP) is 6.05. The van der Waals surface area contributed by atoms with Crippen molar-refractivity contribution in [2.24, 2.45) is 5.41 Å². The Bertz CT molecular complexity index is 1310. The SMILES string of the molecule is COCC1([C@H](C)Oc2cc3c(N[C@H](C)c4cc(N)cc(C(F)(F)F)c4F)nc(C)nc3cc2OC)CC1. The van der Waals surface area contributed by atoms with Gasteiger partial charge in [0.05, 0.1) is 30.8 Å². The number of fused-ring (bicyclic) bond motifs is 1. The standard InChI is InChI=1S/C26H30F4N4O3/c1-13(17-8-16(31)9-19(23(17)27)26(28,29)30)32-24-18-10-22(37-14(2)25(6-7-25)12-35-4)21(36-5)11-20(18)33-15(3)34-24/h8-11,13-14H,6-7,12,31H2,1-5H3,(H,32,33,34)/t13-,14+/m1/s1. The zero-order valence-electron chi connectivity index (χ0n) is 21.3. The molecule has 1 heterocycles. The van der Waals surface area contributed by atoms with Crippen LogP contribution in [0, 0.1) is 18.2 Å². The smallest absolute Gasteiger partial charge is 0.419 e. The first-order valence-corrected chi connectivity index (χ1v) is 11.8. The average Bonchev–Trinajstić information content (AvgIpc) is 3.60. The van der Waals surface area contributed by atoms with Crippen molar-refractivity contribution >= 4 is 22.4 Å². The molecule has 0 saturated heterocycles. The van der Waals surface area contributed by atoms with E-state index in [0.29, 0.717) is 46.7 Å². The van der Waals surface area contributed by atoms with Crippen LogP contribution in [0.2, 0.25) is 0 Å². The minimum atomic E-state index is -4.88. The molecule has 2 aromatic carbocycles. The number of hydrogen-bond acceptors (Lipinski definition) is 7. The number of methoxy groups -OCH3 is 2. The summed E-state index contributed by atoms with van der Waals surface area (Å²) >= 11 is 0. The quantitative estimate of drug-likeness (QED) is 0.261. The van der Waals surface area contributed by atoms with Gasteiger partial charge < -0.3 is 25.3 Å². The predicted molar refractivity (Wildman–Crippen MR) is 132 cm³/mol. The molecule has 0 bridgehead atoms. The van der Waals surface area contributed by atoms with Crippen molar-refractivity contribution in [1.29, 1.82) is 0 Å². The molecule has 0 amide bonds. The lowest BCUT2D eigenvalue weighted by Gasteiger charge is -2.25. The number of nitrogens with two attached hydrogens (primary N) is 1. The van der Waals surface area contributed by atoms with Gasteiger partial charge in [-0.15, -0.1) is 0 Å². The summed E-state index contributed by atoms with van der Waals surface area (Å²) in [5, 5.41) is 3.58. The summed E-state index contributed by atoms with van der Waals surface area (Å²) in [6.45, 7) is 5.76. The normalized spacial score (nSPS) is 16.4. The lowest BCUT2D eigenvalue weighted by atomic mass is 10.0. The van der Waals surface area contributed by atoms with Crippen LogP contribution in [0.25, 0.3) is 10.9 Å². The molecule has 0 aliphatic heterocycles. The fourth-order valence-electron chi connectivity index (χ4n) is 4.52. The second-order valence-electron chi connectivity index (χ2n) is 9.53. The number of rotatable bonds is 9. The fraction of sp³-hybridized carbons (Fsp3) is 0.462. The van der Waals surface area contributed by atoms with E-state index in [1.807, 2.05) is 6.92 Å². The van der Waals surface area contributed by atoms with Crippen molar-refractivity contribution in [3.8, 4) is 11.5 Å². The van der Waals surface area contributed by atoms with Gasteiger partial charge in [0.15, 0.2) is 11.5 Å². The topological polar surface area (TPSA) is 91.5 Å². The van der Waals surface area contributed by atoms with E-state index in [-0.39, 0.29) is 22.8 Å². The molecule has 1 aromatic heterocycles. The molecule has 3 N–H and O–H groups in total. The highest BCUT2D eigenvalue weighted by Crippen LogP contribution is 2.51. The van der Waals surface area contributed by atoms with Crippen LogP contribution in [0.4, 0.5) is 29.1 Å². The number of nitrogen functional groups attached to an aromatic ring is 1. The first-order valence-electron chi connectivity index (χ1n) is 11.8. The summed E-state index contributed by atoms with van der Waals surface area (Å²) in [7, 11) is 3.18. The highest BCUT2D eigenvalue weighted by Gasteiger charge is 2.49. The van der Waals surface area contributed by atoms with E-state index in [1.54, 1.807) is 26.2 Å². The molecule has 1 aliphatic rings. The van der Waals surface area contributed by atoms with Crippen LogP contribution in [0.1, 0.15) is 49.7 Å². The van der Waals surface area contributed by atoms with E-state index < -0.39 is 23.6 Å². The monoisotopic (exact) mass is 522 g/mol. The summed E-state index contributed by atoms with van der Waals surface area (Å²) < 4.78 is 72.1. The molecule has 37 heavy (non-hydrogen) atoms. The molecule has 2 atom stereocenters. The molecule has 11 heteroatoms. The molecular formula is C26H30F4N4O3. The molecule has 7 nitrogen and oxygen atoms in total. The van der Waals surface area contributed by atoms with Crippen molar-refractivity contribution in [2.45, 2.75) is 51.9 Å². The van der Waals surface area contributed by atoms with Crippen LogP contribution in [-0.4, -0.2) is 36.9 Å². The van der Waals surface area contributed by atoms with Gasteiger partial charge in [0.1, 0.15) is 23.6 Å². The Morgan fingerprint density at radius 2 is 1.78 bits per heavy atom. The minimum Gasteiger partial charge on any atom is -0.493 e. The number of anilines is 2. The zero-order chi connectivity index (χ0) is 27.1. The van der Waals surface area contributed by atoms with E-state index in [4.69, 9.17) is 19.9 Å². The molecular weight excluding hydrogens is 492 g/mol. The van der Waals surface area contributed by atoms with Crippen LogP contribution in [0.3, 0.4) is 0 Å². The highest BCUT2D eigenvalue weighted by atomic mass is 19.4. The largest absolute Gasteiger partial charge is 0.493 e. The maximum Gasteiger partial charge on any atom is 0.419 e. The van der Waals surface area contributed by atoms with Crippen LogP contribution in [0.5, 0.6) is 11.5 Å². The van der Waals surface area contributed by atoms with Crippen molar-refractivity contribution in [2.75, 3.05) is 31.9 Å². The number of hydrogen-bond donors (Lipinski definition) is 2. The third kappa shape index (κ3) is 5.36. The third-order valence-electron chi connectivity index (χ3n) is 6.83. The van der Waals surface area contributed by atoms with E-state index in [9.17, 15) is 17.6 Å². The maximum absolute atomic E-state index is 14.9. The van der Waals surface area contributed by atoms with Gasteiger partial charge >= 0.3 is 6.18 Å². The molecule has 4 rings (SSSR count). The van der Waals surface area contributed by atoms with Crippen LogP contribution >= 0.6 is 0 Å². The lowest BCUT2D eigenvalue weighted by Crippen LogP contribution is -2.29. The van der Waals surface area contributed by atoms with Gasteiger partial charge in [0.2, 0.25) is 0 Å². The third-order valence-corrected chi connectivity index (χ3v) is 6.83. The van der Waals surface area contributed by atoms with Gasteiger partial charge in [-0.2, -0.15) is 13.2 Å². The molecule has 0 spiro atoms. The van der Waals surface area contributed by atoms with Gasteiger partial charge in [0, 0.05) is 35.2 Å². The zero-order valence-corrected chi connectivity index (χ0v) is 21.3. The fourth-order valence-corrected chi connectivity index (χ4v) is 4.52. The van der Waals surface area contributed by atoms with E-state index in [2.05, 4.69) is 15.3 Å². The number of nitrogens with one attached hydrogen (secondary N) is 1. The molecule has 0 radical (unpaired) electrons. The highest BCUT2D eigenvalue weighted by molar-refractivity contribution is 5.92. The second-order valence-corrected chi connectivity index (χ2v) is 9.53. The summed E-state index contributed by atoms with van der Waals surface area (Å²) in [5.41, 5.74) is 4.28. The molecule has 200 valence electrons. The van der Waals surface area contributed by atoms with Crippen LogP contribution in [0.15, 0.2) is 24.3 Å². The molecule has 0 unspecified atom stereocenters. The number of nitrogens with zero attached hydrogens (tertiary/aromatic N) is 2. The lowest BCUT2D eigenvalue weighted by molar-refractivity contribution is -0.140. The van der Waals surface area contributed by atoms with Gasteiger partial charge in [-0.05, 0) is 51.8 Å². The summed E-state index contributed by atoms with van der Waals surface area (Å²) in [5.74, 6) is 0.268. The maximum atomic E-state index is 14.9. The van der Waals surface area contributed by atoms with E-state index in [1.165, 1.54) is 20.1 Å². The van der Waals surface area contributed by atoms with Crippen molar-refractivity contribution < 1.29 is 31.8 Å². The Kier molecular flexibility index (Phi) is 7.11. The average molecular weight is 523 g/mol. The minimum absolute atomic E-state index is 0.0744. The van der Waals surface area contributed by atoms with Gasteiger partial charge in [-0.25, -0.2) is 14.4 Å². The second kappa shape index (κ2) is 9.85. The van der Waals surface area contributed by atoms with Gasteiger partial charge in [-0.1, -0.05) is 0 Å². The molecule has 3 aromatic rings. The summed E-state index contributed by atoms with van der Waals surface area (Å²) in [6.07, 6.45) is -3.08. The van der Waals surface area contributed by atoms with Crippen molar-refractivity contribution in [3.05, 3.63) is 47.0 Å². The van der Waals surface area contributed by atoms with E-state index in [0.717, 1.165) is 12.8 Å². The molecule has 1 fully saturated rings. The first kappa shape index (κ1) is 26.7. The Labute approximate surface area is 212 Å². The Hall–Kier alpha value is -3.34. The number of halogens is 4. The van der Waals surface area contributed by atoms with Crippen LogP contribution in [-0.2, 0) is 10.9 Å². The van der Waals surface area contributed by atoms with Gasteiger partial charge in [-0.3, -0.25) is 0 Å². The van der Waals surface area contributed by atoms with Crippen molar-refractivity contribution in [1.82, 2.24) is 9.97 Å². The van der Waals surface area contributed by atoms with Crippen molar-refractivity contribution in [3.63, 3.8) is 0 Å². The summed E-state index contributed by atoms with van der Waals surface area (Å²) in [4.78, 5) is 8.91. The first-order chi connectivity index (χ1) is 17.4. The van der Waals surface area contributed by atoms with Gasteiger partial charge in [0.25, 0.3) is 0 Å². The summed E-state index contributed by atoms with van der Waals surface area (Å²) in [6, 6.07) is 4.30. The molecule has 1 aliphatic carbocycles.